The molecule has 6 heterocycles. The Morgan fingerprint density at radius 1 is 0.682 bits per heavy atom. The van der Waals surface area contributed by atoms with Crippen LogP contribution in [0.15, 0.2) is 67.6 Å². The Morgan fingerprint density at radius 2 is 1.25 bits per heavy atom. The lowest BCUT2D eigenvalue weighted by molar-refractivity contribution is 0.486. The molecule has 2 atom stereocenters. The molecule has 6 aromatic heterocycles. The van der Waals surface area contributed by atoms with Gasteiger partial charge in [-0.25, -0.2) is 19.9 Å². The van der Waals surface area contributed by atoms with Crippen LogP contribution in [-0.2, 0) is 0 Å². The highest BCUT2D eigenvalue weighted by Crippen LogP contribution is 2.31. The molecule has 0 saturated heterocycles. The van der Waals surface area contributed by atoms with Crippen molar-refractivity contribution in [2.75, 3.05) is 49.3 Å². The Labute approximate surface area is 259 Å². The Balaban J connectivity index is 1.28. The molecule has 0 aliphatic carbocycles. The molecule has 0 aromatic carbocycles. The van der Waals surface area contributed by atoms with Crippen LogP contribution in [0.1, 0.15) is 58.7 Å². The standard InChI is InChI=1S/C34H44N10/c1-23(2)44-22-39-31-30(10-17-38-34(31)44)41(18-11-24(3)42-20-13-26-28(35-5)8-15-36-32(26)42)19-12-25(4)43-21-14-27-29(40(6)7)9-16-37-33(27)43/h8-10,13-17,20-25H,11-12,18-19H2,1-7H3,(H,35,36). The Hall–Kier alpha value is -4.60. The summed E-state index contributed by atoms with van der Waals surface area (Å²) < 4.78 is 6.77. The molecule has 230 valence electrons. The summed E-state index contributed by atoms with van der Waals surface area (Å²) in [6.07, 6.45) is 13.9. The van der Waals surface area contributed by atoms with E-state index >= 15 is 0 Å². The number of nitrogens with one attached hydrogen (secondary N) is 1. The van der Waals surface area contributed by atoms with Gasteiger partial charge in [-0.1, -0.05) is 0 Å². The highest BCUT2D eigenvalue weighted by molar-refractivity contribution is 5.91. The number of fused-ring (bicyclic) bond motifs is 3. The molecule has 44 heavy (non-hydrogen) atoms. The maximum Gasteiger partial charge on any atom is 0.162 e. The van der Waals surface area contributed by atoms with Crippen molar-refractivity contribution in [3.63, 3.8) is 0 Å². The third-order valence-electron chi connectivity index (χ3n) is 8.88. The van der Waals surface area contributed by atoms with E-state index in [1.165, 1.54) is 11.1 Å². The van der Waals surface area contributed by atoms with E-state index < -0.39 is 0 Å². The van der Waals surface area contributed by atoms with Crippen LogP contribution in [0.3, 0.4) is 0 Å². The van der Waals surface area contributed by atoms with Crippen molar-refractivity contribution >= 4 is 50.3 Å². The topological polar surface area (TPSA) is 84.9 Å². The lowest BCUT2D eigenvalue weighted by Gasteiger charge is -2.29. The van der Waals surface area contributed by atoms with E-state index in [1.807, 2.05) is 38.0 Å². The van der Waals surface area contributed by atoms with Gasteiger partial charge in [0.25, 0.3) is 0 Å². The van der Waals surface area contributed by atoms with Crippen LogP contribution in [0.25, 0.3) is 33.2 Å². The second kappa shape index (κ2) is 12.2. The summed E-state index contributed by atoms with van der Waals surface area (Å²) in [5.41, 5.74) is 7.34. The van der Waals surface area contributed by atoms with Crippen molar-refractivity contribution < 1.29 is 0 Å². The summed E-state index contributed by atoms with van der Waals surface area (Å²) >= 11 is 0. The van der Waals surface area contributed by atoms with E-state index in [2.05, 4.69) is 107 Å². The molecule has 0 spiro atoms. The van der Waals surface area contributed by atoms with Crippen LogP contribution in [-0.4, -0.2) is 67.9 Å². The molecule has 0 aliphatic rings. The number of rotatable bonds is 12. The predicted octanol–water partition coefficient (Wildman–Crippen LogP) is 6.93. The third-order valence-corrected chi connectivity index (χ3v) is 8.88. The van der Waals surface area contributed by atoms with Crippen LogP contribution < -0.4 is 15.1 Å². The molecule has 0 bridgehead atoms. The largest absolute Gasteiger partial charge is 0.387 e. The third kappa shape index (κ3) is 5.33. The second-order valence-corrected chi connectivity index (χ2v) is 12.3. The molecular formula is C34H44N10. The molecular weight excluding hydrogens is 548 g/mol. The fraction of sp³-hybridized carbons (Fsp3) is 0.412. The van der Waals surface area contributed by atoms with Gasteiger partial charge in [0.1, 0.15) is 16.8 Å². The monoisotopic (exact) mass is 592 g/mol. The summed E-state index contributed by atoms with van der Waals surface area (Å²) in [4.78, 5) is 23.7. The maximum atomic E-state index is 4.86. The molecule has 2 unspecified atom stereocenters. The molecule has 0 amide bonds. The first-order valence-electron chi connectivity index (χ1n) is 15.6. The zero-order valence-electron chi connectivity index (χ0n) is 26.9. The maximum absolute atomic E-state index is 4.86. The molecule has 10 heteroatoms. The van der Waals surface area contributed by atoms with Crippen molar-refractivity contribution in [1.82, 2.24) is 33.6 Å². The predicted molar refractivity (Wildman–Crippen MR) is 182 cm³/mol. The SMILES string of the molecule is CNc1ccnc2c1ccn2C(C)CCN(CCC(C)n1ccc2c(N(C)C)ccnc21)c1ccnc2c1ncn2C(C)C. The zero-order chi connectivity index (χ0) is 31.0. The Morgan fingerprint density at radius 3 is 1.86 bits per heavy atom. The minimum atomic E-state index is 0.264. The molecule has 6 rings (SSSR count). The number of hydrogen-bond acceptors (Lipinski definition) is 7. The van der Waals surface area contributed by atoms with E-state index in [-0.39, 0.29) is 18.1 Å². The van der Waals surface area contributed by atoms with Gasteiger partial charge in [-0.3, -0.25) is 0 Å². The first-order valence-corrected chi connectivity index (χ1v) is 15.6. The van der Waals surface area contributed by atoms with Gasteiger partial charge in [-0.2, -0.15) is 0 Å². The van der Waals surface area contributed by atoms with E-state index in [0.717, 1.165) is 65.2 Å². The Kier molecular flexibility index (Phi) is 8.16. The fourth-order valence-corrected chi connectivity index (χ4v) is 6.29. The van der Waals surface area contributed by atoms with E-state index in [1.54, 1.807) is 0 Å². The van der Waals surface area contributed by atoms with Gasteiger partial charge in [-0.05, 0) is 70.9 Å². The normalized spacial score (nSPS) is 13.3. The molecule has 0 aliphatic heterocycles. The molecule has 10 nitrogen and oxygen atoms in total. The van der Waals surface area contributed by atoms with E-state index in [4.69, 9.17) is 19.9 Å². The average Bonchev–Trinajstić information content (AvgIpc) is 3.77. The summed E-state index contributed by atoms with van der Waals surface area (Å²) in [5.74, 6) is 0. The van der Waals surface area contributed by atoms with E-state index in [9.17, 15) is 0 Å². The quantitative estimate of drug-likeness (QED) is 0.165. The number of pyridine rings is 3. The van der Waals surface area contributed by atoms with Gasteiger partial charge in [0.2, 0.25) is 0 Å². The van der Waals surface area contributed by atoms with E-state index in [0.29, 0.717) is 0 Å². The van der Waals surface area contributed by atoms with Crippen LogP contribution >= 0.6 is 0 Å². The summed E-state index contributed by atoms with van der Waals surface area (Å²) in [7, 11) is 6.12. The Bertz CT molecular complexity index is 1880. The first kappa shape index (κ1) is 29.5. The van der Waals surface area contributed by atoms with Crippen molar-refractivity contribution in [3.8, 4) is 0 Å². The highest BCUT2D eigenvalue weighted by atomic mass is 15.2. The minimum Gasteiger partial charge on any atom is -0.387 e. The van der Waals surface area contributed by atoms with Gasteiger partial charge in [0.15, 0.2) is 5.65 Å². The van der Waals surface area contributed by atoms with Gasteiger partial charge in [0, 0.05) is 105 Å². The lowest BCUT2D eigenvalue weighted by Crippen LogP contribution is -2.29. The molecule has 1 N–H and O–H groups in total. The van der Waals surface area contributed by atoms with Gasteiger partial charge in [0.05, 0.1) is 12.0 Å². The van der Waals surface area contributed by atoms with Crippen molar-refractivity contribution in [1.29, 1.82) is 0 Å². The summed E-state index contributed by atoms with van der Waals surface area (Å²) in [6, 6.07) is 11.4. The lowest BCUT2D eigenvalue weighted by atomic mass is 10.1. The number of nitrogens with zero attached hydrogens (tertiary/aromatic N) is 9. The fourth-order valence-electron chi connectivity index (χ4n) is 6.29. The number of hydrogen-bond donors (Lipinski definition) is 1. The van der Waals surface area contributed by atoms with Gasteiger partial charge >= 0.3 is 0 Å². The second-order valence-electron chi connectivity index (χ2n) is 12.3. The minimum absolute atomic E-state index is 0.264. The number of anilines is 3. The van der Waals surface area contributed by atoms with Crippen LogP contribution in [0.2, 0.25) is 0 Å². The van der Waals surface area contributed by atoms with Gasteiger partial charge in [-0.15, -0.1) is 0 Å². The first-order chi connectivity index (χ1) is 21.3. The van der Waals surface area contributed by atoms with Gasteiger partial charge < -0.3 is 28.8 Å². The average molecular weight is 593 g/mol. The van der Waals surface area contributed by atoms with Crippen molar-refractivity contribution in [2.24, 2.45) is 0 Å². The zero-order valence-corrected chi connectivity index (χ0v) is 26.9. The highest BCUT2D eigenvalue weighted by Gasteiger charge is 2.20. The number of imidazole rings is 1. The molecule has 6 aromatic rings. The summed E-state index contributed by atoms with van der Waals surface area (Å²) in [5, 5.41) is 5.62. The summed E-state index contributed by atoms with van der Waals surface area (Å²) in [6.45, 7) is 10.7. The number of aromatic nitrogens is 7. The molecule has 0 saturated carbocycles. The van der Waals surface area contributed by atoms with Crippen LogP contribution in [0, 0.1) is 0 Å². The van der Waals surface area contributed by atoms with Crippen molar-refractivity contribution in [2.45, 2.75) is 58.7 Å². The molecule has 0 radical (unpaired) electrons. The van der Waals surface area contributed by atoms with Crippen LogP contribution in [0.4, 0.5) is 17.1 Å². The van der Waals surface area contributed by atoms with Crippen LogP contribution in [0.5, 0.6) is 0 Å². The molecule has 0 fully saturated rings. The van der Waals surface area contributed by atoms with Crippen molar-refractivity contribution in [3.05, 3.63) is 67.6 Å². The smallest absolute Gasteiger partial charge is 0.162 e.